The average molecular weight is 434 g/mol. The first-order valence-electron chi connectivity index (χ1n) is 9.15. The molecule has 1 atom stereocenters. The monoisotopic (exact) mass is 433 g/mol. The standard InChI is InChI=1S/C18H25Cl2N3O3S/c1-27(25,26)23-7-3-4-14(12-23)18(24)22-10-8-21(9-11-22)13-15-16(19)5-2-6-17(15)20/h2,5-6,14H,3-4,7-13H2,1H3. The number of sulfonamides is 1. The molecule has 1 unspecified atom stereocenters. The van der Waals surface area contributed by atoms with Gasteiger partial charge in [-0.2, -0.15) is 0 Å². The molecule has 2 saturated heterocycles. The van der Waals surface area contributed by atoms with Crippen molar-refractivity contribution >= 4 is 39.1 Å². The summed E-state index contributed by atoms with van der Waals surface area (Å²) in [4.78, 5) is 16.9. The topological polar surface area (TPSA) is 60.9 Å². The highest BCUT2D eigenvalue weighted by Crippen LogP contribution is 2.26. The van der Waals surface area contributed by atoms with Crippen LogP contribution in [0.5, 0.6) is 0 Å². The van der Waals surface area contributed by atoms with E-state index in [1.54, 1.807) is 0 Å². The summed E-state index contributed by atoms with van der Waals surface area (Å²) in [5, 5.41) is 1.31. The summed E-state index contributed by atoms with van der Waals surface area (Å²) < 4.78 is 25.0. The number of benzene rings is 1. The van der Waals surface area contributed by atoms with E-state index in [1.165, 1.54) is 10.6 Å². The lowest BCUT2D eigenvalue weighted by atomic mass is 9.97. The number of halogens is 2. The van der Waals surface area contributed by atoms with Gasteiger partial charge in [-0.3, -0.25) is 9.69 Å². The molecule has 6 nitrogen and oxygen atoms in total. The Morgan fingerprint density at radius 1 is 1.11 bits per heavy atom. The first-order valence-corrected chi connectivity index (χ1v) is 11.8. The molecule has 2 aliphatic rings. The molecule has 1 aromatic rings. The van der Waals surface area contributed by atoms with Crippen molar-refractivity contribution in [3.8, 4) is 0 Å². The molecule has 1 amide bonds. The van der Waals surface area contributed by atoms with Crippen LogP contribution in [0.1, 0.15) is 18.4 Å². The molecule has 1 aromatic carbocycles. The molecule has 0 aromatic heterocycles. The third kappa shape index (κ3) is 5.15. The largest absolute Gasteiger partial charge is 0.340 e. The first kappa shape index (κ1) is 20.9. The van der Waals surface area contributed by atoms with Gasteiger partial charge in [0, 0.05) is 61.4 Å². The van der Waals surface area contributed by atoms with Gasteiger partial charge in [0.25, 0.3) is 0 Å². The molecule has 2 heterocycles. The Morgan fingerprint density at radius 2 is 1.74 bits per heavy atom. The van der Waals surface area contributed by atoms with E-state index >= 15 is 0 Å². The number of amides is 1. The van der Waals surface area contributed by atoms with Gasteiger partial charge in [-0.05, 0) is 25.0 Å². The molecule has 0 bridgehead atoms. The van der Waals surface area contributed by atoms with E-state index in [9.17, 15) is 13.2 Å². The van der Waals surface area contributed by atoms with E-state index in [2.05, 4.69) is 4.90 Å². The van der Waals surface area contributed by atoms with Gasteiger partial charge in [0.2, 0.25) is 15.9 Å². The number of rotatable bonds is 4. The van der Waals surface area contributed by atoms with Gasteiger partial charge in [0.05, 0.1) is 12.2 Å². The molecule has 2 fully saturated rings. The van der Waals surface area contributed by atoms with Crippen LogP contribution in [0.4, 0.5) is 0 Å². The molecule has 27 heavy (non-hydrogen) atoms. The maximum Gasteiger partial charge on any atom is 0.227 e. The van der Waals surface area contributed by atoms with E-state index in [0.29, 0.717) is 42.8 Å². The number of piperidine rings is 1. The van der Waals surface area contributed by atoms with Gasteiger partial charge in [-0.15, -0.1) is 0 Å². The minimum Gasteiger partial charge on any atom is -0.340 e. The summed E-state index contributed by atoms with van der Waals surface area (Å²) in [5.41, 5.74) is 0.914. The summed E-state index contributed by atoms with van der Waals surface area (Å²) in [6.45, 7) is 4.23. The third-order valence-electron chi connectivity index (χ3n) is 5.33. The Labute approximate surface area is 171 Å². The van der Waals surface area contributed by atoms with Gasteiger partial charge in [-0.1, -0.05) is 29.3 Å². The highest BCUT2D eigenvalue weighted by molar-refractivity contribution is 7.88. The van der Waals surface area contributed by atoms with Crippen molar-refractivity contribution in [2.75, 3.05) is 45.5 Å². The Kier molecular flexibility index (Phi) is 6.69. The molecule has 2 aliphatic heterocycles. The number of hydrogen-bond acceptors (Lipinski definition) is 4. The summed E-state index contributed by atoms with van der Waals surface area (Å²) in [5.74, 6) is -0.170. The maximum atomic E-state index is 12.8. The zero-order valence-electron chi connectivity index (χ0n) is 15.4. The summed E-state index contributed by atoms with van der Waals surface area (Å²) in [6.07, 6.45) is 2.69. The molecular weight excluding hydrogens is 409 g/mol. The fraction of sp³-hybridized carbons (Fsp3) is 0.611. The van der Waals surface area contributed by atoms with Crippen molar-refractivity contribution in [2.24, 2.45) is 5.92 Å². The Bertz CT molecular complexity index is 775. The van der Waals surface area contributed by atoms with Crippen molar-refractivity contribution in [1.82, 2.24) is 14.1 Å². The molecule has 3 rings (SSSR count). The van der Waals surface area contributed by atoms with Crippen LogP contribution in [-0.2, 0) is 21.4 Å². The molecule has 0 saturated carbocycles. The normalized spacial score (nSPS) is 22.8. The number of carbonyl (C=O) groups excluding carboxylic acids is 1. The van der Waals surface area contributed by atoms with Crippen LogP contribution in [0.2, 0.25) is 10.0 Å². The highest BCUT2D eigenvalue weighted by Gasteiger charge is 2.33. The van der Waals surface area contributed by atoms with E-state index < -0.39 is 10.0 Å². The van der Waals surface area contributed by atoms with Gasteiger partial charge in [0.15, 0.2) is 0 Å². The Morgan fingerprint density at radius 3 is 2.33 bits per heavy atom. The fourth-order valence-electron chi connectivity index (χ4n) is 3.74. The van der Waals surface area contributed by atoms with Gasteiger partial charge < -0.3 is 4.90 Å². The third-order valence-corrected chi connectivity index (χ3v) is 7.31. The maximum absolute atomic E-state index is 12.8. The lowest BCUT2D eigenvalue weighted by Gasteiger charge is -2.38. The van der Waals surface area contributed by atoms with Crippen molar-refractivity contribution in [3.63, 3.8) is 0 Å². The lowest BCUT2D eigenvalue weighted by Crippen LogP contribution is -2.52. The predicted octanol–water partition coefficient (Wildman–Crippen LogP) is 2.31. The second-order valence-corrected chi connectivity index (χ2v) is 10.1. The lowest BCUT2D eigenvalue weighted by molar-refractivity contribution is -0.138. The van der Waals surface area contributed by atoms with Gasteiger partial charge in [0.1, 0.15) is 0 Å². The Balaban J connectivity index is 1.55. The summed E-state index contributed by atoms with van der Waals surface area (Å²) >= 11 is 12.5. The van der Waals surface area contributed by atoms with Crippen LogP contribution in [0, 0.1) is 5.92 Å². The molecule has 0 N–H and O–H groups in total. The smallest absolute Gasteiger partial charge is 0.227 e. The number of nitrogens with zero attached hydrogens (tertiary/aromatic N) is 3. The van der Waals surface area contributed by atoms with Crippen molar-refractivity contribution in [3.05, 3.63) is 33.8 Å². The second-order valence-electron chi connectivity index (χ2n) is 7.26. The van der Waals surface area contributed by atoms with Crippen LogP contribution in [0.25, 0.3) is 0 Å². The average Bonchev–Trinajstić information content (AvgIpc) is 2.64. The zero-order valence-corrected chi connectivity index (χ0v) is 17.7. The zero-order chi connectivity index (χ0) is 19.6. The molecular formula is C18H25Cl2N3O3S. The number of carbonyl (C=O) groups is 1. The van der Waals surface area contributed by atoms with Crippen LogP contribution < -0.4 is 0 Å². The molecule has 150 valence electrons. The quantitative estimate of drug-likeness (QED) is 0.730. The fourth-order valence-corrected chi connectivity index (χ4v) is 5.17. The van der Waals surface area contributed by atoms with E-state index in [4.69, 9.17) is 23.2 Å². The number of hydrogen-bond donors (Lipinski definition) is 0. The van der Waals surface area contributed by atoms with Crippen LogP contribution >= 0.6 is 23.2 Å². The Hall–Kier alpha value is -0.860. The van der Waals surface area contributed by atoms with Crippen molar-refractivity contribution in [2.45, 2.75) is 19.4 Å². The van der Waals surface area contributed by atoms with Crippen LogP contribution in [0.3, 0.4) is 0 Å². The highest BCUT2D eigenvalue weighted by atomic mass is 35.5. The first-order chi connectivity index (χ1) is 12.8. The molecule has 9 heteroatoms. The SMILES string of the molecule is CS(=O)(=O)N1CCCC(C(=O)N2CCN(Cc3c(Cl)cccc3Cl)CC2)C1. The van der Waals surface area contributed by atoms with E-state index in [-0.39, 0.29) is 11.8 Å². The molecule has 0 aliphatic carbocycles. The van der Waals surface area contributed by atoms with Crippen molar-refractivity contribution in [1.29, 1.82) is 0 Å². The predicted molar refractivity (Wildman–Crippen MR) is 107 cm³/mol. The van der Waals surface area contributed by atoms with Crippen molar-refractivity contribution < 1.29 is 13.2 Å². The molecule has 0 radical (unpaired) electrons. The van der Waals surface area contributed by atoms with E-state index in [0.717, 1.165) is 31.5 Å². The van der Waals surface area contributed by atoms with Crippen LogP contribution in [0.15, 0.2) is 18.2 Å². The minimum absolute atomic E-state index is 0.0683. The van der Waals surface area contributed by atoms with Gasteiger partial charge in [-0.25, -0.2) is 12.7 Å². The van der Waals surface area contributed by atoms with Crippen LogP contribution in [-0.4, -0.2) is 74.0 Å². The summed E-state index contributed by atoms with van der Waals surface area (Å²) in [7, 11) is -3.25. The minimum atomic E-state index is -3.25. The number of piperazine rings is 1. The second kappa shape index (κ2) is 8.66. The van der Waals surface area contributed by atoms with E-state index in [1.807, 2.05) is 23.1 Å². The molecule has 0 spiro atoms. The summed E-state index contributed by atoms with van der Waals surface area (Å²) in [6, 6.07) is 5.49. The van der Waals surface area contributed by atoms with Gasteiger partial charge >= 0.3 is 0 Å².